The van der Waals surface area contributed by atoms with Crippen LogP contribution in [0.1, 0.15) is 44.9 Å². The maximum atomic E-state index is 2.63. The lowest BCUT2D eigenvalue weighted by Gasteiger charge is -2.38. The lowest BCUT2D eigenvalue weighted by molar-refractivity contribution is 0.164. The van der Waals surface area contributed by atoms with Crippen molar-refractivity contribution in [1.82, 2.24) is 0 Å². The molecular formula is C18H24. The first-order chi connectivity index (χ1) is 8.92. The zero-order valence-corrected chi connectivity index (χ0v) is 11.2. The van der Waals surface area contributed by atoms with Crippen molar-refractivity contribution in [2.24, 2.45) is 41.4 Å². The van der Waals surface area contributed by atoms with Crippen LogP contribution in [0, 0.1) is 41.4 Å². The lowest BCUT2D eigenvalue weighted by atomic mass is 9.66. The van der Waals surface area contributed by atoms with Crippen LogP contribution in [0.5, 0.6) is 0 Å². The van der Waals surface area contributed by atoms with Crippen molar-refractivity contribution in [2.45, 2.75) is 44.9 Å². The summed E-state index contributed by atoms with van der Waals surface area (Å²) in [6.07, 6.45) is 18.2. The average Bonchev–Trinajstić information content (AvgIpc) is 3.17. The van der Waals surface area contributed by atoms with Gasteiger partial charge in [0, 0.05) is 0 Å². The van der Waals surface area contributed by atoms with Crippen molar-refractivity contribution in [1.29, 1.82) is 0 Å². The van der Waals surface area contributed by atoms with Crippen molar-refractivity contribution in [2.75, 3.05) is 0 Å². The van der Waals surface area contributed by atoms with Gasteiger partial charge in [-0.05, 0) is 86.4 Å². The van der Waals surface area contributed by atoms with Crippen LogP contribution in [-0.2, 0) is 0 Å². The quantitative estimate of drug-likeness (QED) is 0.465. The summed E-state index contributed by atoms with van der Waals surface area (Å²) in [5, 5.41) is 0. The summed E-state index contributed by atoms with van der Waals surface area (Å²) in [7, 11) is 0. The molecule has 7 unspecified atom stereocenters. The van der Waals surface area contributed by atoms with E-state index in [1.54, 1.807) is 12.8 Å². The van der Waals surface area contributed by atoms with Crippen LogP contribution in [0.3, 0.4) is 0 Å². The molecule has 7 atom stereocenters. The van der Waals surface area contributed by atoms with E-state index >= 15 is 0 Å². The third-order valence-electron chi connectivity index (χ3n) is 7.07. The minimum atomic E-state index is 0.988. The Morgan fingerprint density at radius 1 is 0.889 bits per heavy atom. The second-order valence-electron chi connectivity index (χ2n) is 7.63. The van der Waals surface area contributed by atoms with E-state index in [2.05, 4.69) is 18.2 Å². The highest BCUT2D eigenvalue weighted by molar-refractivity contribution is 5.25. The number of rotatable bonds is 1. The molecule has 18 heavy (non-hydrogen) atoms. The van der Waals surface area contributed by atoms with Gasteiger partial charge in [0.2, 0.25) is 0 Å². The highest BCUT2D eigenvalue weighted by Gasteiger charge is 2.61. The van der Waals surface area contributed by atoms with E-state index in [9.17, 15) is 0 Å². The molecule has 3 fully saturated rings. The fourth-order valence-corrected chi connectivity index (χ4v) is 6.64. The summed E-state index contributed by atoms with van der Waals surface area (Å²) in [6, 6.07) is 0. The van der Waals surface area contributed by atoms with Gasteiger partial charge in [0.05, 0.1) is 0 Å². The normalized spacial score (nSPS) is 56.0. The van der Waals surface area contributed by atoms with Crippen LogP contribution in [-0.4, -0.2) is 0 Å². The number of allylic oxidation sites excluding steroid dienone is 4. The maximum Gasteiger partial charge on any atom is -0.0169 e. The molecule has 0 saturated heterocycles. The summed E-state index contributed by atoms with van der Waals surface area (Å²) in [5.41, 5.74) is 1.89. The predicted molar refractivity (Wildman–Crippen MR) is 74.0 cm³/mol. The highest BCUT2D eigenvalue weighted by Crippen LogP contribution is 2.68. The second-order valence-corrected chi connectivity index (χ2v) is 7.63. The molecule has 4 bridgehead atoms. The summed E-state index contributed by atoms with van der Waals surface area (Å²) in [5.74, 6) is 7.41. The SMILES string of the molecule is C1=CC2CC1C1C3CC(C4=CCCCC4)C(C3)C21. The molecule has 0 spiro atoms. The summed E-state index contributed by atoms with van der Waals surface area (Å²) >= 11 is 0. The molecule has 3 saturated carbocycles. The lowest BCUT2D eigenvalue weighted by Crippen LogP contribution is -2.32. The van der Waals surface area contributed by atoms with Gasteiger partial charge in [0.1, 0.15) is 0 Å². The van der Waals surface area contributed by atoms with Gasteiger partial charge in [-0.15, -0.1) is 0 Å². The minimum absolute atomic E-state index is 0.988. The Morgan fingerprint density at radius 3 is 2.61 bits per heavy atom. The second kappa shape index (κ2) is 3.52. The Hall–Kier alpha value is -0.520. The summed E-state index contributed by atoms with van der Waals surface area (Å²) in [6.45, 7) is 0. The molecule has 5 aliphatic carbocycles. The van der Waals surface area contributed by atoms with Gasteiger partial charge in [-0.2, -0.15) is 0 Å². The minimum Gasteiger partial charge on any atom is -0.0850 e. The van der Waals surface area contributed by atoms with E-state index in [0.29, 0.717) is 0 Å². The van der Waals surface area contributed by atoms with Crippen LogP contribution >= 0.6 is 0 Å². The monoisotopic (exact) mass is 240 g/mol. The molecule has 0 nitrogen and oxygen atoms in total. The Balaban J connectivity index is 1.47. The van der Waals surface area contributed by atoms with Crippen LogP contribution in [0.2, 0.25) is 0 Å². The zero-order chi connectivity index (χ0) is 11.7. The van der Waals surface area contributed by atoms with E-state index in [4.69, 9.17) is 0 Å². The fourth-order valence-electron chi connectivity index (χ4n) is 6.64. The van der Waals surface area contributed by atoms with Crippen LogP contribution in [0.4, 0.5) is 0 Å². The summed E-state index contributed by atoms with van der Waals surface area (Å²) in [4.78, 5) is 0. The van der Waals surface area contributed by atoms with E-state index in [-0.39, 0.29) is 0 Å². The van der Waals surface area contributed by atoms with Crippen molar-refractivity contribution >= 4 is 0 Å². The number of fused-ring (bicyclic) bond motifs is 9. The fraction of sp³-hybridized carbons (Fsp3) is 0.778. The molecule has 0 amide bonds. The third kappa shape index (κ3) is 1.18. The first-order valence-electron chi connectivity index (χ1n) is 8.29. The molecule has 5 rings (SSSR count). The van der Waals surface area contributed by atoms with Gasteiger partial charge in [0.15, 0.2) is 0 Å². The van der Waals surface area contributed by atoms with Crippen molar-refractivity contribution in [3.63, 3.8) is 0 Å². The van der Waals surface area contributed by atoms with Crippen molar-refractivity contribution < 1.29 is 0 Å². The molecule has 96 valence electrons. The molecule has 0 N–H and O–H groups in total. The van der Waals surface area contributed by atoms with Crippen molar-refractivity contribution in [3.8, 4) is 0 Å². The Morgan fingerprint density at radius 2 is 1.78 bits per heavy atom. The third-order valence-corrected chi connectivity index (χ3v) is 7.07. The Labute approximate surface area is 111 Å². The molecule has 0 aromatic carbocycles. The molecule has 5 aliphatic rings. The first-order valence-corrected chi connectivity index (χ1v) is 8.29. The Kier molecular flexibility index (Phi) is 2.01. The predicted octanol–water partition coefficient (Wildman–Crippen LogP) is 4.58. The first kappa shape index (κ1) is 10.3. The smallest absolute Gasteiger partial charge is 0.0169 e. The maximum absolute atomic E-state index is 2.63. The van der Waals surface area contributed by atoms with Gasteiger partial charge in [-0.25, -0.2) is 0 Å². The molecule has 0 heteroatoms. The number of hydrogen-bond acceptors (Lipinski definition) is 0. The van der Waals surface area contributed by atoms with E-state index < -0.39 is 0 Å². The molecular weight excluding hydrogens is 216 g/mol. The molecule has 0 aliphatic heterocycles. The van der Waals surface area contributed by atoms with Gasteiger partial charge < -0.3 is 0 Å². The standard InChI is InChI=1S/C18H24/c1-2-4-11(5-3-1)15-9-14-10-16(15)18-13-7-6-12(8-13)17(14)18/h4,6-7,12-18H,1-3,5,8-10H2. The van der Waals surface area contributed by atoms with Crippen LogP contribution < -0.4 is 0 Å². The van der Waals surface area contributed by atoms with Gasteiger partial charge in [0.25, 0.3) is 0 Å². The van der Waals surface area contributed by atoms with E-state index in [1.807, 2.05) is 5.57 Å². The van der Waals surface area contributed by atoms with Gasteiger partial charge in [-0.1, -0.05) is 23.8 Å². The van der Waals surface area contributed by atoms with Crippen LogP contribution in [0.25, 0.3) is 0 Å². The zero-order valence-electron chi connectivity index (χ0n) is 11.2. The van der Waals surface area contributed by atoms with Gasteiger partial charge in [-0.3, -0.25) is 0 Å². The molecule has 0 aromatic rings. The summed E-state index contributed by atoms with van der Waals surface area (Å²) < 4.78 is 0. The molecule has 0 radical (unpaired) electrons. The van der Waals surface area contributed by atoms with Crippen LogP contribution in [0.15, 0.2) is 23.8 Å². The largest absolute Gasteiger partial charge is 0.0850 e. The van der Waals surface area contributed by atoms with Gasteiger partial charge >= 0.3 is 0 Å². The Bertz CT molecular complexity index is 429. The molecule has 0 heterocycles. The van der Waals surface area contributed by atoms with E-state index in [0.717, 1.165) is 41.4 Å². The average molecular weight is 240 g/mol. The highest BCUT2D eigenvalue weighted by atomic mass is 14.7. The topological polar surface area (TPSA) is 0 Å². The number of hydrogen-bond donors (Lipinski definition) is 0. The van der Waals surface area contributed by atoms with E-state index in [1.165, 1.54) is 32.1 Å². The molecule has 0 aromatic heterocycles. The van der Waals surface area contributed by atoms with Crippen molar-refractivity contribution in [3.05, 3.63) is 23.8 Å².